The zero-order valence-electron chi connectivity index (χ0n) is 11.9. The zero-order chi connectivity index (χ0) is 14.5. The van der Waals surface area contributed by atoms with Crippen LogP contribution in [-0.4, -0.2) is 19.2 Å². The van der Waals surface area contributed by atoms with Crippen LogP contribution in [0, 0.1) is 6.92 Å². The molecule has 1 atom stereocenters. The van der Waals surface area contributed by atoms with Gasteiger partial charge < -0.3 is 9.47 Å². The quantitative estimate of drug-likeness (QED) is 0.644. The van der Waals surface area contributed by atoms with E-state index in [2.05, 4.69) is 10.4 Å². The molecule has 1 aromatic carbocycles. The summed E-state index contributed by atoms with van der Waals surface area (Å²) in [4.78, 5) is 4.17. The van der Waals surface area contributed by atoms with Gasteiger partial charge in [0.1, 0.15) is 11.5 Å². The number of hydrogen-bond donors (Lipinski definition) is 2. The van der Waals surface area contributed by atoms with Crippen LogP contribution in [0.2, 0.25) is 0 Å². The van der Waals surface area contributed by atoms with Gasteiger partial charge in [0.05, 0.1) is 26.5 Å². The summed E-state index contributed by atoms with van der Waals surface area (Å²) in [7, 11) is 3.25. The van der Waals surface area contributed by atoms with Gasteiger partial charge in [-0.2, -0.15) is 0 Å². The van der Waals surface area contributed by atoms with Crippen molar-refractivity contribution in [3.63, 3.8) is 0 Å². The fraction of sp³-hybridized carbons (Fsp3) is 0.267. The molecule has 5 heteroatoms. The Bertz CT molecular complexity index is 587. The van der Waals surface area contributed by atoms with Crippen molar-refractivity contribution in [1.82, 2.24) is 10.4 Å². The van der Waals surface area contributed by atoms with Crippen LogP contribution in [0.5, 0.6) is 11.5 Å². The molecule has 0 saturated carbocycles. The van der Waals surface area contributed by atoms with Crippen LogP contribution in [0.15, 0.2) is 36.7 Å². The van der Waals surface area contributed by atoms with Crippen LogP contribution in [0.25, 0.3) is 0 Å². The summed E-state index contributed by atoms with van der Waals surface area (Å²) in [5, 5.41) is 0. The van der Waals surface area contributed by atoms with E-state index >= 15 is 0 Å². The molecule has 0 bridgehead atoms. The molecule has 3 N–H and O–H groups in total. The maximum absolute atomic E-state index is 5.73. The Morgan fingerprint density at radius 2 is 1.95 bits per heavy atom. The van der Waals surface area contributed by atoms with E-state index in [4.69, 9.17) is 15.3 Å². The molecule has 0 fully saturated rings. The Balaban J connectivity index is 2.48. The van der Waals surface area contributed by atoms with E-state index in [0.29, 0.717) is 5.75 Å². The molecule has 0 aliphatic carbocycles. The normalized spacial score (nSPS) is 12.0. The lowest BCUT2D eigenvalue weighted by Crippen LogP contribution is -2.29. The number of ether oxygens (including phenoxy) is 2. The summed E-state index contributed by atoms with van der Waals surface area (Å²) in [6, 6.07) is 7.66. The molecule has 0 saturated heterocycles. The molecule has 1 aromatic heterocycles. The number of aryl methyl sites for hydroxylation is 1. The van der Waals surface area contributed by atoms with Crippen LogP contribution >= 0.6 is 0 Å². The summed E-state index contributed by atoms with van der Waals surface area (Å²) in [5.41, 5.74) is 5.82. The van der Waals surface area contributed by atoms with Crippen LogP contribution < -0.4 is 20.7 Å². The van der Waals surface area contributed by atoms with Crippen molar-refractivity contribution in [2.45, 2.75) is 13.0 Å². The zero-order valence-corrected chi connectivity index (χ0v) is 11.9. The van der Waals surface area contributed by atoms with Gasteiger partial charge in [0.2, 0.25) is 0 Å². The van der Waals surface area contributed by atoms with Gasteiger partial charge in [-0.1, -0.05) is 17.7 Å². The Labute approximate surface area is 118 Å². The maximum Gasteiger partial charge on any atom is 0.137 e. The van der Waals surface area contributed by atoms with Crippen molar-refractivity contribution in [3.05, 3.63) is 53.3 Å². The van der Waals surface area contributed by atoms with E-state index in [-0.39, 0.29) is 6.04 Å². The summed E-state index contributed by atoms with van der Waals surface area (Å²) in [6.07, 6.45) is 3.42. The largest absolute Gasteiger partial charge is 0.496 e. The second-order valence-electron chi connectivity index (χ2n) is 4.50. The molecule has 0 aliphatic rings. The van der Waals surface area contributed by atoms with E-state index in [1.807, 2.05) is 31.2 Å². The number of methoxy groups -OCH3 is 2. The summed E-state index contributed by atoms with van der Waals surface area (Å²) in [5.74, 6) is 7.20. The van der Waals surface area contributed by atoms with Gasteiger partial charge >= 0.3 is 0 Å². The molecule has 20 heavy (non-hydrogen) atoms. The summed E-state index contributed by atoms with van der Waals surface area (Å²) in [6.45, 7) is 2.03. The number of pyridine rings is 1. The number of hydrazine groups is 1. The van der Waals surface area contributed by atoms with Crippen molar-refractivity contribution >= 4 is 0 Å². The molecule has 2 rings (SSSR count). The highest BCUT2D eigenvalue weighted by atomic mass is 16.5. The lowest BCUT2D eigenvalue weighted by atomic mass is 9.98. The highest BCUT2D eigenvalue weighted by Crippen LogP contribution is 2.31. The highest BCUT2D eigenvalue weighted by molar-refractivity contribution is 5.44. The van der Waals surface area contributed by atoms with Crippen molar-refractivity contribution in [1.29, 1.82) is 0 Å². The lowest BCUT2D eigenvalue weighted by Gasteiger charge is -2.20. The molecule has 0 aliphatic heterocycles. The number of benzene rings is 1. The third kappa shape index (κ3) is 2.89. The second-order valence-corrected chi connectivity index (χ2v) is 4.50. The fourth-order valence-corrected chi connectivity index (χ4v) is 2.15. The Morgan fingerprint density at radius 1 is 1.15 bits per heavy atom. The first-order valence-corrected chi connectivity index (χ1v) is 6.29. The minimum atomic E-state index is -0.215. The third-order valence-corrected chi connectivity index (χ3v) is 3.17. The van der Waals surface area contributed by atoms with Crippen molar-refractivity contribution < 1.29 is 9.47 Å². The molecule has 0 spiro atoms. The molecule has 106 valence electrons. The number of aromatic nitrogens is 1. The van der Waals surface area contributed by atoms with Gasteiger partial charge in [-0.25, -0.2) is 5.43 Å². The third-order valence-electron chi connectivity index (χ3n) is 3.17. The van der Waals surface area contributed by atoms with E-state index in [9.17, 15) is 0 Å². The lowest BCUT2D eigenvalue weighted by molar-refractivity contribution is 0.402. The van der Waals surface area contributed by atoms with Crippen LogP contribution in [0.1, 0.15) is 22.7 Å². The van der Waals surface area contributed by atoms with Crippen LogP contribution in [-0.2, 0) is 0 Å². The van der Waals surface area contributed by atoms with Crippen molar-refractivity contribution in [2.75, 3.05) is 14.2 Å². The van der Waals surface area contributed by atoms with E-state index < -0.39 is 0 Å². The monoisotopic (exact) mass is 273 g/mol. The average Bonchev–Trinajstić information content (AvgIpc) is 2.48. The SMILES string of the molecule is COc1cncc(C(NN)c2cc(C)ccc2OC)c1. The molecule has 1 heterocycles. The molecular formula is C15H19N3O2. The Hall–Kier alpha value is -2.11. The molecular weight excluding hydrogens is 254 g/mol. The number of rotatable bonds is 5. The molecule has 0 amide bonds. The van der Waals surface area contributed by atoms with Gasteiger partial charge in [-0.3, -0.25) is 10.8 Å². The standard InChI is InChI=1S/C15H19N3O2/c1-10-4-5-14(20-3)13(6-10)15(18-16)11-7-12(19-2)9-17-8-11/h4-9,15,18H,16H2,1-3H3. The topological polar surface area (TPSA) is 69.4 Å². The summed E-state index contributed by atoms with van der Waals surface area (Å²) < 4.78 is 10.6. The number of hydrogen-bond acceptors (Lipinski definition) is 5. The van der Waals surface area contributed by atoms with Gasteiger partial charge in [-0.15, -0.1) is 0 Å². The van der Waals surface area contributed by atoms with E-state index in [0.717, 1.165) is 22.4 Å². The number of nitrogens with two attached hydrogens (primary N) is 1. The average molecular weight is 273 g/mol. The summed E-state index contributed by atoms with van der Waals surface area (Å²) >= 11 is 0. The van der Waals surface area contributed by atoms with Crippen molar-refractivity contribution in [2.24, 2.45) is 5.84 Å². The predicted octanol–water partition coefficient (Wildman–Crippen LogP) is 1.96. The van der Waals surface area contributed by atoms with Gasteiger partial charge in [-0.05, 0) is 24.6 Å². The second kappa shape index (κ2) is 6.36. The first-order chi connectivity index (χ1) is 9.69. The van der Waals surface area contributed by atoms with Crippen LogP contribution in [0.3, 0.4) is 0 Å². The minimum Gasteiger partial charge on any atom is -0.496 e. The molecule has 2 aromatic rings. The number of nitrogens with zero attached hydrogens (tertiary/aromatic N) is 1. The molecule has 0 radical (unpaired) electrons. The molecule has 5 nitrogen and oxygen atoms in total. The highest BCUT2D eigenvalue weighted by Gasteiger charge is 2.18. The Kier molecular flexibility index (Phi) is 4.55. The van der Waals surface area contributed by atoms with Gasteiger partial charge in [0, 0.05) is 11.8 Å². The fourth-order valence-electron chi connectivity index (χ4n) is 2.15. The molecule has 1 unspecified atom stereocenters. The first-order valence-electron chi connectivity index (χ1n) is 6.29. The van der Waals surface area contributed by atoms with E-state index in [1.165, 1.54) is 0 Å². The van der Waals surface area contributed by atoms with E-state index in [1.54, 1.807) is 26.6 Å². The smallest absolute Gasteiger partial charge is 0.137 e. The Morgan fingerprint density at radius 3 is 2.60 bits per heavy atom. The van der Waals surface area contributed by atoms with Crippen molar-refractivity contribution in [3.8, 4) is 11.5 Å². The van der Waals surface area contributed by atoms with Crippen LogP contribution in [0.4, 0.5) is 0 Å². The van der Waals surface area contributed by atoms with Gasteiger partial charge in [0.25, 0.3) is 0 Å². The maximum atomic E-state index is 5.73. The van der Waals surface area contributed by atoms with Gasteiger partial charge in [0.15, 0.2) is 0 Å². The predicted molar refractivity (Wildman–Crippen MR) is 77.7 cm³/mol. The minimum absolute atomic E-state index is 0.215. The number of nitrogens with one attached hydrogen (secondary N) is 1. The first kappa shape index (κ1) is 14.3.